The molecule has 1 unspecified atom stereocenters. The molecule has 1 rings (SSSR count). The molecular formula is C8H7Br2F. The van der Waals surface area contributed by atoms with E-state index in [9.17, 15) is 4.39 Å². The van der Waals surface area contributed by atoms with Crippen molar-refractivity contribution in [2.24, 2.45) is 0 Å². The predicted octanol–water partition coefficient (Wildman–Crippen LogP) is 4.24. The normalized spacial score (nSPS) is 13.1. The third-order valence-corrected chi connectivity index (χ3v) is 2.26. The standard InChI is InChI=1S/C8H7Br2F/c1-5(11)6-2-7(9)4-8(10)3-6/h2-5H,1H3. The monoisotopic (exact) mass is 280 g/mol. The minimum absolute atomic E-state index is 0.686. The average Bonchev–Trinajstić information content (AvgIpc) is 1.85. The maximum atomic E-state index is 12.8. The molecule has 3 heteroatoms. The van der Waals surface area contributed by atoms with Crippen LogP contribution in [-0.2, 0) is 0 Å². The number of rotatable bonds is 1. The van der Waals surface area contributed by atoms with E-state index in [-0.39, 0.29) is 0 Å². The highest BCUT2D eigenvalue weighted by molar-refractivity contribution is 9.11. The molecule has 0 N–H and O–H groups in total. The maximum absolute atomic E-state index is 12.8. The molecule has 60 valence electrons. The van der Waals surface area contributed by atoms with E-state index in [4.69, 9.17) is 0 Å². The third-order valence-electron chi connectivity index (χ3n) is 1.34. The molecule has 0 saturated carbocycles. The Hall–Kier alpha value is 0.110. The predicted molar refractivity (Wildman–Crippen MR) is 51.4 cm³/mol. The molecule has 0 amide bonds. The van der Waals surface area contributed by atoms with Gasteiger partial charge >= 0.3 is 0 Å². The van der Waals surface area contributed by atoms with Crippen LogP contribution in [0.5, 0.6) is 0 Å². The van der Waals surface area contributed by atoms with E-state index in [0.29, 0.717) is 5.56 Å². The molecule has 0 fully saturated rings. The fourth-order valence-corrected chi connectivity index (χ4v) is 2.13. The summed E-state index contributed by atoms with van der Waals surface area (Å²) in [4.78, 5) is 0. The minimum atomic E-state index is -0.913. The summed E-state index contributed by atoms with van der Waals surface area (Å²) in [6.07, 6.45) is -0.913. The number of hydrogen-bond donors (Lipinski definition) is 0. The summed E-state index contributed by atoms with van der Waals surface area (Å²) in [5, 5.41) is 0. The first-order valence-corrected chi connectivity index (χ1v) is 4.78. The van der Waals surface area contributed by atoms with Crippen LogP contribution in [0.1, 0.15) is 18.7 Å². The Morgan fingerprint density at radius 1 is 1.18 bits per heavy atom. The summed E-state index contributed by atoms with van der Waals surface area (Å²) in [5.41, 5.74) is 0.686. The molecule has 1 aromatic carbocycles. The van der Waals surface area contributed by atoms with Crippen molar-refractivity contribution in [3.63, 3.8) is 0 Å². The highest BCUT2D eigenvalue weighted by atomic mass is 79.9. The Labute approximate surface area is 82.1 Å². The van der Waals surface area contributed by atoms with Gasteiger partial charge in [0.05, 0.1) is 0 Å². The second-order valence-electron chi connectivity index (χ2n) is 2.32. The van der Waals surface area contributed by atoms with Crippen molar-refractivity contribution < 1.29 is 4.39 Å². The Kier molecular flexibility index (Phi) is 3.07. The lowest BCUT2D eigenvalue weighted by Crippen LogP contribution is -1.84. The molecule has 0 aliphatic rings. The van der Waals surface area contributed by atoms with E-state index >= 15 is 0 Å². The van der Waals surface area contributed by atoms with Crippen LogP contribution in [0.25, 0.3) is 0 Å². The van der Waals surface area contributed by atoms with Crippen LogP contribution in [0.15, 0.2) is 27.1 Å². The quantitative estimate of drug-likeness (QED) is 0.722. The van der Waals surface area contributed by atoms with E-state index in [0.717, 1.165) is 8.95 Å². The molecule has 0 bridgehead atoms. The smallest absolute Gasteiger partial charge is 0.122 e. The summed E-state index contributed by atoms with van der Waals surface area (Å²) >= 11 is 6.57. The van der Waals surface area contributed by atoms with Gasteiger partial charge in [-0.25, -0.2) is 4.39 Å². The molecule has 0 spiro atoms. The van der Waals surface area contributed by atoms with Gasteiger partial charge in [0.15, 0.2) is 0 Å². The second kappa shape index (κ2) is 3.68. The molecule has 1 aromatic rings. The molecule has 0 aliphatic heterocycles. The van der Waals surface area contributed by atoms with Crippen LogP contribution < -0.4 is 0 Å². The largest absolute Gasteiger partial charge is 0.243 e. The van der Waals surface area contributed by atoms with Crippen molar-refractivity contribution in [3.05, 3.63) is 32.7 Å². The van der Waals surface area contributed by atoms with Gasteiger partial charge in [-0.15, -0.1) is 0 Å². The van der Waals surface area contributed by atoms with E-state index < -0.39 is 6.17 Å². The van der Waals surface area contributed by atoms with Crippen LogP contribution in [-0.4, -0.2) is 0 Å². The lowest BCUT2D eigenvalue weighted by Gasteiger charge is -2.03. The average molecular weight is 282 g/mol. The molecule has 0 heterocycles. The molecule has 11 heavy (non-hydrogen) atoms. The van der Waals surface area contributed by atoms with Crippen molar-refractivity contribution in [2.75, 3.05) is 0 Å². The maximum Gasteiger partial charge on any atom is 0.122 e. The van der Waals surface area contributed by atoms with Gasteiger partial charge in [-0.3, -0.25) is 0 Å². The summed E-state index contributed by atoms with van der Waals surface area (Å²) in [5.74, 6) is 0. The number of hydrogen-bond acceptors (Lipinski definition) is 0. The summed E-state index contributed by atoms with van der Waals surface area (Å²) in [7, 11) is 0. The van der Waals surface area contributed by atoms with Crippen molar-refractivity contribution in [1.82, 2.24) is 0 Å². The van der Waals surface area contributed by atoms with Gasteiger partial charge in [-0.05, 0) is 30.7 Å². The van der Waals surface area contributed by atoms with Gasteiger partial charge in [0.1, 0.15) is 6.17 Å². The highest BCUT2D eigenvalue weighted by Crippen LogP contribution is 2.25. The topological polar surface area (TPSA) is 0 Å². The zero-order valence-electron chi connectivity index (χ0n) is 5.94. The summed E-state index contributed by atoms with van der Waals surface area (Å²) in [6.45, 7) is 1.52. The van der Waals surface area contributed by atoms with Crippen LogP contribution in [0.2, 0.25) is 0 Å². The van der Waals surface area contributed by atoms with E-state index in [1.54, 1.807) is 12.1 Å². The van der Waals surface area contributed by atoms with Gasteiger partial charge < -0.3 is 0 Å². The van der Waals surface area contributed by atoms with E-state index in [2.05, 4.69) is 31.9 Å². The zero-order chi connectivity index (χ0) is 8.43. The number of halogens is 3. The highest BCUT2D eigenvalue weighted by Gasteiger charge is 2.03. The Bertz CT molecular complexity index is 238. The molecule has 1 atom stereocenters. The van der Waals surface area contributed by atoms with Gasteiger partial charge in [-0.2, -0.15) is 0 Å². The first-order chi connectivity index (χ1) is 5.09. The molecule has 0 aromatic heterocycles. The Morgan fingerprint density at radius 2 is 1.64 bits per heavy atom. The molecule has 0 saturated heterocycles. The van der Waals surface area contributed by atoms with Gasteiger partial charge in [0.2, 0.25) is 0 Å². The molecule has 0 nitrogen and oxygen atoms in total. The van der Waals surface area contributed by atoms with Crippen molar-refractivity contribution in [1.29, 1.82) is 0 Å². The lowest BCUT2D eigenvalue weighted by atomic mass is 10.1. The van der Waals surface area contributed by atoms with Crippen molar-refractivity contribution in [2.45, 2.75) is 13.1 Å². The first-order valence-electron chi connectivity index (χ1n) is 3.19. The van der Waals surface area contributed by atoms with Gasteiger partial charge in [-0.1, -0.05) is 31.9 Å². The lowest BCUT2D eigenvalue weighted by molar-refractivity contribution is 0.374. The summed E-state index contributed by atoms with van der Waals surface area (Å²) in [6, 6.07) is 5.43. The molecular weight excluding hydrogens is 275 g/mol. The van der Waals surface area contributed by atoms with Crippen LogP contribution in [0.3, 0.4) is 0 Å². The second-order valence-corrected chi connectivity index (χ2v) is 4.15. The van der Waals surface area contributed by atoms with Crippen molar-refractivity contribution in [3.8, 4) is 0 Å². The van der Waals surface area contributed by atoms with Crippen LogP contribution in [0, 0.1) is 0 Å². The number of benzene rings is 1. The van der Waals surface area contributed by atoms with E-state index in [1.807, 2.05) is 6.07 Å². The molecule has 0 radical (unpaired) electrons. The third kappa shape index (κ3) is 2.56. The van der Waals surface area contributed by atoms with Gasteiger partial charge in [0.25, 0.3) is 0 Å². The Morgan fingerprint density at radius 3 is 2.00 bits per heavy atom. The van der Waals surface area contributed by atoms with Crippen molar-refractivity contribution >= 4 is 31.9 Å². The van der Waals surface area contributed by atoms with Gasteiger partial charge in [0, 0.05) is 8.95 Å². The SMILES string of the molecule is CC(F)c1cc(Br)cc(Br)c1. The van der Waals surface area contributed by atoms with Crippen LogP contribution >= 0.6 is 31.9 Å². The Balaban J connectivity index is 3.08. The summed E-state index contributed by atoms with van der Waals surface area (Å²) < 4.78 is 14.5. The minimum Gasteiger partial charge on any atom is -0.243 e. The fraction of sp³-hybridized carbons (Fsp3) is 0.250. The zero-order valence-corrected chi connectivity index (χ0v) is 9.12. The van der Waals surface area contributed by atoms with E-state index in [1.165, 1.54) is 6.92 Å². The first kappa shape index (κ1) is 9.20. The van der Waals surface area contributed by atoms with Crippen LogP contribution in [0.4, 0.5) is 4.39 Å². The number of alkyl halides is 1. The molecule has 0 aliphatic carbocycles. The fourth-order valence-electron chi connectivity index (χ4n) is 0.805.